The molecule has 2 rings (SSSR count). The summed E-state index contributed by atoms with van der Waals surface area (Å²) in [6, 6.07) is 9.12. The molecule has 0 aliphatic rings. The molecule has 7 heteroatoms. The van der Waals surface area contributed by atoms with Gasteiger partial charge in [-0.25, -0.2) is 4.39 Å². The van der Waals surface area contributed by atoms with Crippen molar-refractivity contribution in [2.45, 2.75) is 25.6 Å². The largest absolute Gasteiger partial charge is 0.496 e. The Morgan fingerprint density at radius 1 is 1.04 bits per heavy atom. The maximum Gasteiger partial charge on any atom is 0.419 e. The Kier molecular flexibility index (Phi) is 5.06. The zero-order valence-electron chi connectivity index (χ0n) is 13.9. The van der Waals surface area contributed by atoms with Crippen LogP contribution < -0.4 is 10.1 Å². The summed E-state index contributed by atoms with van der Waals surface area (Å²) in [6.45, 7) is 3.38. The van der Waals surface area contributed by atoms with Crippen molar-refractivity contribution in [3.05, 3.63) is 65.0 Å². The number of ether oxygens (including phenoxy) is 1. The number of hydrogen-bond donors (Lipinski definition) is 1. The lowest BCUT2D eigenvalue weighted by molar-refractivity contribution is -0.140. The van der Waals surface area contributed by atoms with Gasteiger partial charge in [0.05, 0.1) is 18.2 Å². The standard InChI is InChI=1S/C18H17F4NO2/c1-17(2,12-6-4-5-7-15(12)25-3)23-16(24)11-8-9-14(19)13(10-11)18(20,21)22/h4-10H,1-3H3,(H,23,24). The Bertz CT molecular complexity index is 785. The fraction of sp³-hybridized carbons (Fsp3) is 0.278. The predicted octanol–water partition coefficient (Wildman–Crippen LogP) is 4.52. The Balaban J connectivity index is 2.33. The van der Waals surface area contributed by atoms with E-state index in [1.807, 2.05) is 0 Å². The predicted molar refractivity (Wildman–Crippen MR) is 84.9 cm³/mol. The second-order valence-corrected chi connectivity index (χ2v) is 5.97. The Hall–Kier alpha value is -2.57. The molecule has 0 spiro atoms. The van der Waals surface area contributed by atoms with Crippen molar-refractivity contribution in [2.24, 2.45) is 0 Å². The maximum atomic E-state index is 13.4. The van der Waals surface area contributed by atoms with E-state index in [0.717, 1.165) is 6.07 Å². The summed E-state index contributed by atoms with van der Waals surface area (Å²) in [5.74, 6) is -1.64. The van der Waals surface area contributed by atoms with E-state index in [-0.39, 0.29) is 5.56 Å². The number of rotatable bonds is 4. The van der Waals surface area contributed by atoms with E-state index in [9.17, 15) is 22.4 Å². The minimum absolute atomic E-state index is 0.281. The highest BCUT2D eigenvalue weighted by Crippen LogP contribution is 2.33. The molecule has 0 aliphatic heterocycles. The van der Waals surface area contributed by atoms with Crippen molar-refractivity contribution >= 4 is 5.91 Å². The molecule has 0 aliphatic carbocycles. The fourth-order valence-electron chi connectivity index (χ4n) is 2.47. The van der Waals surface area contributed by atoms with E-state index in [2.05, 4.69) is 5.32 Å². The monoisotopic (exact) mass is 355 g/mol. The third-order valence-electron chi connectivity index (χ3n) is 3.74. The van der Waals surface area contributed by atoms with Gasteiger partial charge in [-0.1, -0.05) is 18.2 Å². The molecule has 0 radical (unpaired) electrons. The summed E-state index contributed by atoms with van der Waals surface area (Å²) in [4.78, 5) is 12.4. The van der Waals surface area contributed by atoms with Crippen molar-refractivity contribution in [2.75, 3.05) is 7.11 Å². The van der Waals surface area contributed by atoms with Gasteiger partial charge < -0.3 is 10.1 Å². The van der Waals surface area contributed by atoms with E-state index < -0.39 is 29.0 Å². The zero-order valence-corrected chi connectivity index (χ0v) is 13.9. The Labute approximate surface area is 142 Å². The summed E-state index contributed by atoms with van der Waals surface area (Å²) < 4.78 is 57.0. The number of nitrogens with one attached hydrogen (secondary N) is 1. The molecule has 25 heavy (non-hydrogen) atoms. The van der Waals surface area contributed by atoms with E-state index in [0.29, 0.717) is 23.4 Å². The first-order valence-corrected chi connectivity index (χ1v) is 7.39. The topological polar surface area (TPSA) is 38.3 Å². The third kappa shape index (κ3) is 4.10. The molecule has 0 aromatic heterocycles. The minimum Gasteiger partial charge on any atom is -0.496 e. The number of alkyl halides is 3. The van der Waals surface area contributed by atoms with Crippen LogP contribution in [-0.2, 0) is 11.7 Å². The number of amides is 1. The van der Waals surface area contributed by atoms with Crippen LogP contribution in [0.2, 0.25) is 0 Å². The number of benzene rings is 2. The molecule has 2 aromatic carbocycles. The molecule has 0 fully saturated rings. The van der Waals surface area contributed by atoms with E-state index >= 15 is 0 Å². The van der Waals surface area contributed by atoms with Crippen LogP contribution >= 0.6 is 0 Å². The van der Waals surface area contributed by atoms with Gasteiger partial charge in [0, 0.05) is 11.1 Å². The normalized spacial score (nSPS) is 12.0. The van der Waals surface area contributed by atoms with Gasteiger partial charge in [0.1, 0.15) is 11.6 Å². The first-order valence-electron chi connectivity index (χ1n) is 7.39. The summed E-state index contributed by atoms with van der Waals surface area (Å²) >= 11 is 0. The molecule has 0 unspecified atom stereocenters. The van der Waals surface area contributed by atoms with Crippen molar-refractivity contribution in [3.63, 3.8) is 0 Å². The quantitative estimate of drug-likeness (QED) is 0.819. The van der Waals surface area contributed by atoms with Crippen LogP contribution in [0, 0.1) is 5.82 Å². The van der Waals surface area contributed by atoms with Crippen LogP contribution in [0.15, 0.2) is 42.5 Å². The average Bonchev–Trinajstić information content (AvgIpc) is 2.53. The van der Waals surface area contributed by atoms with Crippen LogP contribution in [-0.4, -0.2) is 13.0 Å². The van der Waals surface area contributed by atoms with Crippen molar-refractivity contribution in [1.29, 1.82) is 0 Å². The van der Waals surface area contributed by atoms with Crippen LogP contribution in [0.5, 0.6) is 5.75 Å². The fourth-order valence-corrected chi connectivity index (χ4v) is 2.47. The molecule has 1 N–H and O–H groups in total. The van der Waals surface area contributed by atoms with E-state index in [1.54, 1.807) is 38.1 Å². The van der Waals surface area contributed by atoms with Gasteiger partial charge in [-0.2, -0.15) is 13.2 Å². The second-order valence-electron chi connectivity index (χ2n) is 5.97. The minimum atomic E-state index is -4.88. The van der Waals surface area contributed by atoms with Gasteiger partial charge in [0.25, 0.3) is 5.91 Å². The average molecular weight is 355 g/mol. The molecule has 2 aromatic rings. The highest BCUT2D eigenvalue weighted by molar-refractivity contribution is 5.95. The molecule has 1 amide bonds. The molecular weight excluding hydrogens is 338 g/mol. The second kappa shape index (κ2) is 6.74. The van der Waals surface area contributed by atoms with Gasteiger partial charge in [-0.15, -0.1) is 0 Å². The van der Waals surface area contributed by atoms with Crippen LogP contribution in [0.3, 0.4) is 0 Å². The molecule has 0 bridgehead atoms. The van der Waals surface area contributed by atoms with Crippen molar-refractivity contribution in [3.8, 4) is 5.75 Å². The lowest BCUT2D eigenvalue weighted by Gasteiger charge is -2.28. The van der Waals surface area contributed by atoms with E-state index in [4.69, 9.17) is 4.74 Å². The van der Waals surface area contributed by atoms with Crippen molar-refractivity contribution < 1.29 is 27.1 Å². The van der Waals surface area contributed by atoms with Crippen molar-refractivity contribution in [1.82, 2.24) is 5.32 Å². The maximum absolute atomic E-state index is 13.4. The molecule has 0 atom stereocenters. The molecule has 0 heterocycles. The molecule has 0 saturated carbocycles. The van der Waals surface area contributed by atoms with Gasteiger partial charge in [0.2, 0.25) is 0 Å². The summed E-state index contributed by atoms with van der Waals surface area (Å²) in [7, 11) is 1.48. The number of carbonyl (C=O) groups is 1. The lowest BCUT2D eigenvalue weighted by atomic mass is 9.92. The van der Waals surface area contributed by atoms with Crippen LogP contribution in [0.4, 0.5) is 17.6 Å². The van der Waals surface area contributed by atoms with Crippen LogP contribution in [0.1, 0.15) is 35.3 Å². The Morgan fingerprint density at radius 2 is 1.68 bits per heavy atom. The smallest absolute Gasteiger partial charge is 0.419 e. The first kappa shape index (κ1) is 18.8. The third-order valence-corrected chi connectivity index (χ3v) is 3.74. The Morgan fingerprint density at radius 3 is 2.28 bits per heavy atom. The number of para-hydroxylation sites is 1. The highest BCUT2D eigenvalue weighted by atomic mass is 19.4. The SMILES string of the molecule is COc1ccccc1C(C)(C)NC(=O)c1ccc(F)c(C(F)(F)F)c1. The van der Waals surface area contributed by atoms with Gasteiger partial charge in [-0.05, 0) is 38.1 Å². The lowest BCUT2D eigenvalue weighted by Crippen LogP contribution is -2.41. The molecular formula is C18H17F4NO2. The van der Waals surface area contributed by atoms with Crippen LogP contribution in [0.25, 0.3) is 0 Å². The van der Waals surface area contributed by atoms with Gasteiger partial charge in [-0.3, -0.25) is 4.79 Å². The summed E-state index contributed by atoms with van der Waals surface area (Å²) in [6.07, 6.45) is -4.88. The highest BCUT2D eigenvalue weighted by Gasteiger charge is 2.35. The molecule has 134 valence electrons. The summed E-state index contributed by atoms with van der Waals surface area (Å²) in [5.41, 5.74) is -2.02. The molecule has 0 saturated heterocycles. The number of halogens is 4. The number of methoxy groups -OCH3 is 1. The van der Waals surface area contributed by atoms with Gasteiger partial charge in [0.15, 0.2) is 0 Å². The van der Waals surface area contributed by atoms with E-state index in [1.165, 1.54) is 7.11 Å². The number of carbonyl (C=O) groups excluding carboxylic acids is 1. The first-order chi connectivity index (χ1) is 11.6. The zero-order chi connectivity index (χ0) is 18.8. The number of hydrogen-bond acceptors (Lipinski definition) is 2. The van der Waals surface area contributed by atoms with Gasteiger partial charge >= 0.3 is 6.18 Å². The molecule has 3 nitrogen and oxygen atoms in total. The summed E-state index contributed by atoms with van der Waals surface area (Å²) in [5, 5.41) is 2.65.